The molecule has 2 aromatic rings. The molecule has 0 bridgehead atoms. The third-order valence-corrected chi connectivity index (χ3v) is 5.06. The Morgan fingerprint density at radius 1 is 0.545 bits per heavy atom. The first-order chi connectivity index (χ1) is 15.8. The number of carboxylic acid groups (broad SMARTS) is 2. The van der Waals surface area contributed by atoms with Crippen LogP contribution >= 0.6 is 0 Å². The van der Waals surface area contributed by atoms with Crippen molar-refractivity contribution < 1.29 is 29.4 Å². The minimum absolute atomic E-state index is 0.00547. The van der Waals surface area contributed by atoms with Gasteiger partial charge in [0.1, 0.15) is 0 Å². The summed E-state index contributed by atoms with van der Waals surface area (Å²) in [5, 5.41) is 22.6. The molecule has 4 N–H and O–H groups in total. The van der Waals surface area contributed by atoms with Crippen molar-refractivity contribution in [1.29, 1.82) is 0 Å². The average molecular weight is 455 g/mol. The number of carbonyl (C=O) groups excluding carboxylic acids is 2. The summed E-state index contributed by atoms with van der Waals surface area (Å²) in [6.07, 6.45) is 1.82. The lowest BCUT2D eigenvalue weighted by Gasteiger charge is -2.08. The Morgan fingerprint density at radius 3 is 1.21 bits per heavy atom. The Balaban J connectivity index is 1.70. The molecule has 0 aliphatic carbocycles. The molecule has 0 aromatic heterocycles. The molecule has 0 saturated heterocycles. The zero-order valence-corrected chi connectivity index (χ0v) is 18.5. The Hall–Kier alpha value is -3.68. The Bertz CT molecular complexity index is 861. The van der Waals surface area contributed by atoms with Crippen molar-refractivity contribution in [1.82, 2.24) is 10.6 Å². The highest BCUT2D eigenvalue weighted by Crippen LogP contribution is 2.13. The number of hydrogen-bond acceptors (Lipinski definition) is 4. The van der Waals surface area contributed by atoms with Crippen LogP contribution in [-0.4, -0.2) is 47.1 Å². The third-order valence-electron chi connectivity index (χ3n) is 5.06. The van der Waals surface area contributed by atoms with Crippen molar-refractivity contribution in [2.75, 3.05) is 13.1 Å². The van der Waals surface area contributed by atoms with E-state index >= 15 is 0 Å². The van der Waals surface area contributed by atoms with Crippen LogP contribution in [0.3, 0.4) is 0 Å². The van der Waals surface area contributed by atoms with Gasteiger partial charge in [-0.3, -0.25) is 19.2 Å². The molecule has 0 unspecified atom stereocenters. The summed E-state index contributed by atoms with van der Waals surface area (Å²) in [6, 6.07) is 16.3. The maximum absolute atomic E-state index is 11.5. The van der Waals surface area contributed by atoms with E-state index in [1.807, 2.05) is 24.3 Å². The predicted octanol–water partition coefficient (Wildman–Crippen LogP) is 2.32. The van der Waals surface area contributed by atoms with E-state index in [4.69, 9.17) is 10.2 Å². The molecule has 0 radical (unpaired) electrons. The van der Waals surface area contributed by atoms with Crippen LogP contribution in [0.25, 0.3) is 0 Å². The summed E-state index contributed by atoms with van der Waals surface area (Å²) >= 11 is 0. The fourth-order valence-electron chi connectivity index (χ4n) is 3.19. The zero-order chi connectivity index (χ0) is 24.1. The van der Waals surface area contributed by atoms with Crippen LogP contribution in [0.15, 0.2) is 48.5 Å². The molecule has 0 aliphatic heterocycles. The van der Waals surface area contributed by atoms with Gasteiger partial charge in [0.05, 0.1) is 12.8 Å². The van der Waals surface area contributed by atoms with Gasteiger partial charge in [0, 0.05) is 25.9 Å². The maximum atomic E-state index is 11.5. The number of carbonyl (C=O) groups is 4. The molecule has 0 saturated carbocycles. The van der Waals surface area contributed by atoms with E-state index in [-0.39, 0.29) is 37.5 Å². The van der Waals surface area contributed by atoms with E-state index < -0.39 is 11.9 Å². The molecular formula is C25H30N2O6. The summed E-state index contributed by atoms with van der Waals surface area (Å²) in [5.41, 5.74) is 4.53. The number of hydrogen-bond donors (Lipinski definition) is 4. The quantitative estimate of drug-likeness (QED) is 0.346. The van der Waals surface area contributed by atoms with Gasteiger partial charge < -0.3 is 20.8 Å². The van der Waals surface area contributed by atoms with Gasteiger partial charge in [-0.15, -0.1) is 0 Å². The summed E-state index contributed by atoms with van der Waals surface area (Å²) in [5.74, 6) is -2.46. The van der Waals surface area contributed by atoms with Gasteiger partial charge in [0.15, 0.2) is 0 Å². The van der Waals surface area contributed by atoms with E-state index in [1.165, 1.54) is 11.1 Å². The number of benzene rings is 2. The van der Waals surface area contributed by atoms with Crippen LogP contribution in [0.5, 0.6) is 0 Å². The van der Waals surface area contributed by atoms with E-state index in [0.29, 0.717) is 25.9 Å². The maximum Gasteiger partial charge on any atom is 0.303 e. The highest BCUT2D eigenvalue weighted by atomic mass is 16.4. The number of rotatable bonds is 14. The second-order valence-corrected chi connectivity index (χ2v) is 7.80. The van der Waals surface area contributed by atoms with Gasteiger partial charge in [-0.2, -0.15) is 0 Å². The van der Waals surface area contributed by atoms with Crippen molar-refractivity contribution in [2.24, 2.45) is 0 Å². The van der Waals surface area contributed by atoms with Crippen molar-refractivity contribution in [3.05, 3.63) is 70.8 Å². The molecule has 33 heavy (non-hydrogen) atoms. The third kappa shape index (κ3) is 11.0. The van der Waals surface area contributed by atoms with E-state index in [2.05, 4.69) is 34.9 Å². The second kappa shape index (κ2) is 13.7. The molecule has 0 fully saturated rings. The summed E-state index contributed by atoms with van der Waals surface area (Å²) < 4.78 is 0. The van der Waals surface area contributed by atoms with Gasteiger partial charge >= 0.3 is 11.9 Å². The summed E-state index contributed by atoms with van der Waals surface area (Å²) in [4.78, 5) is 44.0. The van der Waals surface area contributed by atoms with E-state index in [9.17, 15) is 19.2 Å². The molecule has 176 valence electrons. The molecule has 2 rings (SSSR count). The molecule has 0 spiro atoms. The van der Waals surface area contributed by atoms with Gasteiger partial charge in [-0.25, -0.2) is 0 Å². The smallest absolute Gasteiger partial charge is 0.303 e. The lowest BCUT2D eigenvalue weighted by Crippen LogP contribution is -2.26. The standard InChI is InChI=1S/C25H30N2O6/c28-22(9-11-24(30)31)26-15-13-18-1-5-20(6-2-18)17-21-7-3-19(4-8-21)14-16-27-23(29)10-12-25(32)33/h1-8H,9-17H2,(H,26,28)(H,27,29)(H,30,31)(H,32,33). The molecule has 0 atom stereocenters. The number of carboxylic acids is 2. The van der Waals surface area contributed by atoms with E-state index in [1.54, 1.807) is 0 Å². The topological polar surface area (TPSA) is 133 Å². The van der Waals surface area contributed by atoms with Gasteiger partial charge in [0.2, 0.25) is 11.8 Å². The van der Waals surface area contributed by atoms with Gasteiger partial charge in [0.25, 0.3) is 0 Å². The summed E-state index contributed by atoms with van der Waals surface area (Å²) in [7, 11) is 0. The lowest BCUT2D eigenvalue weighted by atomic mass is 10.0. The second-order valence-electron chi connectivity index (χ2n) is 7.80. The van der Waals surface area contributed by atoms with Gasteiger partial charge in [-0.1, -0.05) is 48.5 Å². The Kier molecular flexibility index (Phi) is 10.6. The lowest BCUT2D eigenvalue weighted by molar-refractivity contribution is -0.139. The van der Waals surface area contributed by atoms with Crippen LogP contribution in [0, 0.1) is 0 Å². The molecule has 8 heteroatoms. The normalized spacial score (nSPS) is 10.4. The van der Waals surface area contributed by atoms with Crippen molar-refractivity contribution in [3.63, 3.8) is 0 Å². The highest BCUT2D eigenvalue weighted by molar-refractivity contribution is 5.81. The SMILES string of the molecule is O=C(O)CCC(=O)NCCc1ccc(Cc2ccc(CCNC(=O)CCC(=O)O)cc2)cc1. The fraction of sp³-hybridized carbons (Fsp3) is 0.360. The minimum Gasteiger partial charge on any atom is -0.481 e. The molecule has 2 aromatic carbocycles. The Labute approximate surface area is 193 Å². The first-order valence-corrected chi connectivity index (χ1v) is 10.9. The number of nitrogens with one attached hydrogen (secondary N) is 2. The Morgan fingerprint density at radius 2 is 0.879 bits per heavy atom. The van der Waals surface area contributed by atoms with Crippen molar-refractivity contribution in [2.45, 2.75) is 44.9 Å². The number of amides is 2. The average Bonchev–Trinajstić information content (AvgIpc) is 2.78. The molecule has 0 heterocycles. The van der Waals surface area contributed by atoms with Crippen LogP contribution in [0.1, 0.15) is 47.9 Å². The molecule has 8 nitrogen and oxygen atoms in total. The van der Waals surface area contributed by atoms with Crippen molar-refractivity contribution >= 4 is 23.8 Å². The predicted molar refractivity (Wildman–Crippen MR) is 123 cm³/mol. The van der Waals surface area contributed by atoms with Crippen LogP contribution in [-0.2, 0) is 38.4 Å². The van der Waals surface area contributed by atoms with Crippen LogP contribution < -0.4 is 10.6 Å². The molecule has 0 aliphatic rings. The first kappa shape index (κ1) is 25.6. The fourth-order valence-corrected chi connectivity index (χ4v) is 3.19. The van der Waals surface area contributed by atoms with E-state index in [0.717, 1.165) is 17.5 Å². The highest BCUT2D eigenvalue weighted by Gasteiger charge is 2.06. The molecular weight excluding hydrogens is 424 g/mol. The largest absolute Gasteiger partial charge is 0.481 e. The monoisotopic (exact) mass is 454 g/mol. The summed E-state index contributed by atoms with van der Waals surface area (Å²) in [6.45, 7) is 0.943. The van der Waals surface area contributed by atoms with Gasteiger partial charge in [-0.05, 0) is 41.5 Å². The van der Waals surface area contributed by atoms with Crippen LogP contribution in [0.4, 0.5) is 0 Å². The minimum atomic E-state index is -0.978. The van der Waals surface area contributed by atoms with Crippen LogP contribution in [0.2, 0.25) is 0 Å². The number of aliphatic carboxylic acids is 2. The van der Waals surface area contributed by atoms with Crippen molar-refractivity contribution in [3.8, 4) is 0 Å². The first-order valence-electron chi connectivity index (χ1n) is 10.9. The zero-order valence-electron chi connectivity index (χ0n) is 18.5. The molecule has 2 amide bonds.